The van der Waals surface area contributed by atoms with Crippen LogP contribution in [0.3, 0.4) is 0 Å². The van der Waals surface area contributed by atoms with Crippen molar-refractivity contribution < 1.29 is 19.1 Å². The lowest BCUT2D eigenvalue weighted by atomic mass is 10.1. The van der Waals surface area contributed by atoms with Gasteiger partial charge in [0.25, 0.3) is 5.91 Å². The first-order chi connectivity index (χ1) is 14.4. The molecular weight excluding hydrogens is 384 g/mol. The molecule has 2 rings (SSSR count). The normalized spacial score (nSPS) is 10.5. The van der Waals surface area contributed by atoms with E-state index in [-0.39, 0.29) is 12.5 Å². The molecule has 0 unspecified atom stereocenters. The fourth-order valence-electron chi connectivity index (χ4n) is 2.52. The lowest BCUT2D eigenvalue weighted by molar-refractivity contribution is -0.139. The van der Waals surface area contributed by atoms with Crippen molar-refractivity contribution in [2.75, 3.05) is 18.5 Å². The summed E-state index contributed by atoms with van der Waals surface area (Å²) < 4.78 is 5.51. The highest BCUT2D eigenvalue weighted by Gasteiger charge is 2.11. The summed E-state index contributed by atoms with van der Waals surface area (Å²) in [5.41, 5.74) is 5.62. The maximum absolute atomic E-state index is 12.2. The zero-order valence-electron chi connectivity index (χ0n) is 17.3. The van der Waals surface area contributed by atoms with Gasteiger partial charge in [0.1, 0.15) is 5.75 Å². The molecule has 30 heavy (non-hydrogen) atoms. The van der Waals surface area contributed by atoms with Crippen LogP contribution in [-0.2, 0) is 14.4 Å². The van der Waals surface area contributed by atoms with Gasteiger partial charge in [-0.05, 0) is 61.2 Å². The second-order valence-electron chi connectivity index (χ2n) is 6.63. The van der Waals surface area contributed by atoms with Crippen molar-refractivity contribution in [1.82, 2.24) is 10.7 Å². The first-order valence-electron chi connectivity index (χ1n) is 9.61. The molecule has 3 amide bonds. The Bertz CT molecular complexity index is 903. The summed E-state index contributed by atoms with van der Waals surface area (Å²) in [7, 11) is 0. The zero-order valence-corrected chi connectivity index (χ0v) is 17.3. The second-order valence-corrected chi connectivity index (χ2v) is 6.63. The van der Waals surface area contributed by atoms with Crippen LogP contribution >= 0.6 is 0 Å². The number of aryl methyl sites for hydroxylation is 2. The van der Waals surface area contributed by atoms with Crippen LogP contribution in [0.2, 0.25) is 0 Å². The number of anilines is 1. The van der Waals surface area contributed by atoms with E-state index in [1.807, 2.05) is 39.0 Å². The van der Waals surface area contributed by atoms with Crippen molar-refractivity contribution in [3.05, 3.63) is 59.2 Å². The molecule has 0 aromatic heterocycles. The standard InChI is InChI=1S/C22H26N4O4/c1-4-12-23-21(28)22(29)26-24-13-17-8-10-18(11-9-17)30-14-19(27)25-20-15(2)6-5-7-16(20)3/h5-11,13H,4,12,14H2,1-3H3,(H,23,28)(H,25,27)(H,26,29)/b24-13-. The molecule has 0 spiro atoms. The monoisotopic (exact) mass is 410 g/mol. The summed E-state index contributed by atoms with van der Waals surface area (Å²) in [4.78, 5) is 35.1. The van der Waals surface area contributed by atoms with E-state index in [4.69, 9.17) is 4.74 Å². The Kier molecular flexibility index (Phi) is 8.56. The Morgan fingerprint density at radius 1 is 1.00 bits per heavy atom. The fourth-order valence-corrected chi connectivity index (χ4v) is 2.52. The van der Waals surface area contributed by atoms with Gasteiger partial charge in [-0.15, -0.1) is 0 Å². The van der Waals surface area contributed by atoms with Crippen molar-refractivity contribution in [1.29, 1.82) is 0 Å². The van der Waals surface area contributed by atoms with Crippen molar-refractivity contribution in [3.63, 3.8) is 0 Å². The number of para-hydroxylation sites is 1. The molecule has 0 atom stereocenters. The Morgan fingerprint density at radius 2 is 1.67 bits per heavy atom. The van der Waals surface area contributed by atoms with E-state index in [1.165, 1.54) is 6.21 Å². The summed E-state index contributed by atoms with van der Waals surface area (Å²) in [6.45, 7) is 6.07. The number of nitrogens with zero attached hydrogens (tertiary/aromatic N) is 1. The fraction of sp³-hybridized carbons (Fsp3) is 0.273. The Labute approximate surface area is 175 Å². The average molecular weight is 410 g/mol. The number of carbonyl (C=O) groups excluding carboxylic acids is 3. The van der Waals surface area contributed by atoms with Gasteiger partial charge in [0.15, 0.2) is 6.61 Å². The van der Waals surface area contributed by atoms with Gasteiger partial charge in [-0.1, -0.05) is 25.1 Å². The summed E-state index contributed by atoms with van der Waals surface area (Å²) >= 11 is 0. The van der Waals surface area contributed by atoms with E-state index in [9.17, 15) is 14.4 Å². The highest BCUT2D eigenvalue weighted by atomic mass is 16.5. The third-order valence-corrected chi connectivity index (χ3v) is 4.12. The number of ether oxygens (including phenoxy) is 1. The molecule has 0 aliphatic heterocycles. The van der Waals surface area contributed by atoms with Gasteiger partial charge in [0.05, 0.1) is 6.21 Å². The van der Waals surface area contributed by atoms with Crippen LogP contribution in [0.5, 0.6) is 5.75 Å². The zero-order chi connectivity index (χ0) is 21.9. The third-order valence-electron chi connectivity index (χ3n) is 4.12. The number of carbonyl (C=O) groups is 3. The van der Waals surface area contributed by atoms with Crippen LogP contribution in [0.1, 0.15) is 30.0 Å². The first-order valence-corrected chi connectivity index (χ1v) is 9.61. The van der Waals surface area contributed by atoms with E-state index in [0.29, 0.717) is 17.9 Å². The van der Waals surface area contributed by atoms with Gasteiger partial charge < -0.3 is 15.4 Å². The molecular formula is C22H26N4O4. The number of rotatable bonds is 8. The Morgan fingerprint density at radius 3 is 2.30 bits per heavy atom. The Hall–Kier alpha value is -3.68. The van der Waals surface area contributed by atoms with Gasteiger partial charge in [-0.25, -0.2) is 5.43 Å². The van der Waals surface area contributed by atoms with Crippen molar-refractivity contribution in [3.8, 4) is 5.75 Å². The molecule has 0 aliphatic rings. The van der Waals surface area contributed by atoms with Crippen LogP contribution in [0.15, 0.2) is 47.6 Å². The topological polar surface area (TPSA) is 109 Å². The smallest absolute Gasteiger partial charge is 0.329 e. The van der Waals surface area contributed by atoms with Gasteiger partial charge in [0, 0.05) is 12.2 Å². The predicted molar refractivity (Wildman–Crippen MR) is 116 cm³/mol. The molecule has 8 heteroatoms. The molecule has 0 radical (unpaired) electrons. The number of hydrogen-bond acceptors (Lipinski definition) is 5. The molecule has 0 bridgehead atoms. The van der Waals surface area contributed by atoms with Gasteiger partial charge >= 0.3 is 11.8 Å². The third kappa shape index (κ3) is 7.05. The van der Waals surface area contributed by atoms with Gasteiger partial charge in [-0.3, -0.25) is 14.4 Å². The molecule has 2 aromatic carbocycles. The summed E-state index contributed by atoms with van der Waals surface area (Å²) in [6.07, 6.45) is 2.15. The van der Waals surface area contributed by atoms with Gasteiger partial charge in [0.2, 0.25) is 0 Å². The summed E-state index contributed by atoms with van der Waals surface area (Å²) in [5, 5.41) is 9.07. The SMILES string of the molecule is CCCNC(=O)C(=O)N/N=C\c1ccc(OCC(=O)Nc2c(C)cccc2C)cc1. The number of nitrogens with one attached hydrogen (secondary N) is 3. The van der Waals surface area contributed by atoms with Crippen molar-refractivity contribution in [2.24, 2.45) is 5.10 Å². The summed E-state index contributed by atoms with van der Waals surface area (Å²) in [6, 6.07) is 12.6. The minimum Gasteiger partial charge on any atom is -0.484 e. The molecule has 0 fully saturated rings. The van der Waals surface area contributed by atoms with Crippen LogP contribution < -0.4 is 20.8 Å². The quantitative estimate of drug-likeness (QED) is 0.352. The molecule has 2 aromatic rings. The van der Waals surface area contributed by atoms with E-state index in [1.54, 1.807) is 24.3 Å². The van der Waals surface area contributed by atoms with E-state index in [0.717, 1.165) is 23.2 Å². The molecule has 0 saturated carbocycles. The predicted octanol–water partition coefficient (Wildman–Crippen LogP) is 2.30. The summed E-state index contributed by atoms with van der Waals surface area (Å²) in [5.74, 6) is -1.28. The second kappa shape index (κ2) is 11.4. The maximum Gasteiger partial charge on any atom is 0.329 e. The number of hydrogen-bond donors (Lipinski definition) is 3. The van der Waals surface area contributed by atoms with Crippen molar-refractivity contribution >= 4 is 29.6 Å². The van der Waals surface area contributed by atoms with Crippen LogP contribution in [0.25, 0.3) is 0 Å². The molecule has 0 aliphatic carbocycles. The first kappa shape index (κ1) is 22.6. The molecule has 158 valence electrons. The van der Waals surface area contributed by atoms with Crippen LogP contribution in [0, 0.1) is 13.8 Å². The van der Waals surface area contributed by atoms with E-state index < -0.39 is 11.8 Å². The molecule has 0 saturated heterocycles. The lowest BCUT2D eigenvalue weighted by Gasteiger charge is -2.12. The highest BCUT2D eigenvalue weighted by molar-refractivity contribution is 6.35. The Balaban J connectivity index is 1.81. The van der Waals surface area contributed by atoms with Crippen molar-refractivity contribution in [2.45, 2.75) is 27.2 Å². The molecule has 0 heterocycles. The van der Waals surface area contributed by atoms with Gasteiger partial charge in [-0.2, -0.15) is 5.10 Å². The average Bonchev–Trinajstić information content (AvgIpc) is 2.74. The number of amides is 3. The number of hydrazone groups is 1. The maximum atomic E-state index is 12.2. The minimum atomic E-state index is -0.824. The number of benzene rings is 2. The lowest BCUT2D eigenvalue weighted by Crippen LogP contribution is -2.38. The van der Waals surface area contributed by atoms with Crippen LogP contribution in [0.4, 0.5) is 5.69 Å². The van der Waals surface area contributed by atoms with E-state index >= 15 is 0 Å². The molecule has 8 nitrogen and oxygen atoms in total. The minimum absolute atomic E-state index is 0.121. The highest BCUT2D eigenvalue weighted by Crippen LogP contribution is 2.19. The van der Waals surface area contributed by atoms with Crippen LogP contribution in [-0.4, -0.2) is 37.1 Å². The largest absolute Gasteiger partial charge is 0.484 e. The molecule has 3 N–H and O–H groups in total. The van der Waals surface area contributed by atoms with E-state index in [2.05, 4.69) is 21.2 Å².